The van der Waals surface area contributed by atoms with E-state index in [2.05, 4.69) is 34.7 Å². The van der Waals surface area contributed by atoms with Gasteiger partial charge in [0.05, 0.1) is 4.21 Å². The number of pyridine rings is 1. The third-order valence-corrected chi connectivity index (χ3v) is 5.78. The van der Waals surface area contributed by atoms with E-state index in [0.717, 1.165) is 13.0 Å². The van der Waals surface area contributed by atoms with Gasteiger partial charge in [0.1, 0.15) is 0 Å². The summed E-state index contributed by atoms with van der Waals surface area (Å²) in [6.45, 7) is 3.34. The molecule has 19 heavy (non-hydrogen) atoms. The van der Waals surface area contributed by atoms with Gasteiger partial charge in [-0.1, -0.05) is 13.0 Å². The maximum atomic E-state index is 4.16. The van der Waals surface area contributed by atoms with Crippen LogP contribution in [0.25, 0.3) is 0 Å². The Labute approximate surface area is 122 Å². The van der Waals surface area contributed by atoms with E-state index < -0.39 is 0 Å². The first kappa shape index (κ1) is 13.2. The number of aromatic nitrogens is 1. The van der Waals surface area contributed by atoms with E-state index in [1.165, 1.54) is 21.8 Å². The second kappa shape index (κ2) is 6.07. The molecule has 2 aromatic heterocycles. The maximum absolute atomic E-state index is 4.16. The normalized spacial score (nSPS) is 22.2. The highest BCUT2D eigenvalue weighted by Crippen LogP contribution is 2.43. The van der Waals surface area contributed by atoms with Crippen molar-refractivity contribution in [3.63, 3.8) is 0 Å². The fraction of sp³-hybridized carbons (Fsp3) is 0.400. The molecule has 2 atom stereocenters. The fourth-order valence-electron chi connectivity index (χ4n) is 2.48. The van der Waals surface area contributed by atoms with Crippen LogP contribution < -0.4 is 5.32 Å². The average Bonchev–Trinajstić information content (AvgIpc) is 2.88. The van der Waals surface area contributed by atoms with Crippen LogP contribution >= 0.6 is 23.1 Å². The predicted molar refractivity (Wildman–Crippen MR) is 82.9 cm³/mol. The largest absolute Gasteiger partial charge is 0.309 e. The molecule has 3 rings (SSSR count). The summed E-state index contributed by atoms with van der Waals surface area (Å²) in [5, 5.41) is 6.63. The van der Waals surface area contributed by atoms with Crippen LogP contribution in [0.2, 0.25) is 0 Å². The number of hydrogen-bond acceptors (Lipinski definition) is 4. The van der Waals surface area contributed by atoms with Crippen LogP contribution in [0.4, 0.5) is 0 Å². The van der Waals surface area contributed by atoms with Crippen LogP contribution in [0.1, 0.15) is 30.5 Å². The monoisotopic (exact) mass is 290 g/mol. The summed E-state index contributed by atoms with van der Waals surface area (Å²) >= 11 is 3.90. The number of nitrogens with zero attached hydrogens (tertiary/aromatic N) is 1. The van der Waals surface area contributed by atoms with E-state index in [0.29, 0.717) is 11.3 Å². The molecule has 1 aliphatic rings. The molecule has 100 valence electrons. The van der Waals surface area contributed by atoms with Crippen molar-refractivity contribution in [2.24, 2.45) is 0 Å². The Balaban J connectivity index is 1.59. The number of rotatable bonds is 4. The molecule has 1 aliphatic heterocycles. The fourth-order valence-corrected chi connectivity index (χ4v) is 5.05. The quantitative estimate of drug-likeness (QED) is 0.924. The van der Waals surface area contributed by atoms with Crippen molar-refractivity contribution in [1.82, 2.24) is 10.3 Å². The maximum Gasteiger partial charge on any atom is 0.0649 e. The second-order valence-electron chi connectivity index (χ2n) is 4.95. The van der Waals surface area contributed by atoms with Gasteiger partial charge in [-0.2, -0.15) is 0 Å². The molecule has 0 spiro atoms. The Morgan fingerprint density at radius 3 is 3.21 bits per heavy atom. The molecule has 0 radical (unpaired) electrons. The summed E-state index contributed by atoms with van der Waals surface area (Å²) in [7, 11) is 0. The van der Waals surface area contributed by atoms with Crippen LogP contribution in [0.5, 0.6) is 0 Å². The van der Waals surface area contributed by atoms with Crippen molar-refractivity contribution in [2.75, 3.05) is 6.54 Å². The highest BCUT2D eigenvalue weighted by Gasteiger charge is 2.25. The number of nitrogens with one attached hydrogen (secondary N) is 1. The number of thioether (sulfide) groups is 1. The Bertz CT molecular complexity index is 524. The van der Waals surface area contributed by atoms with Gasteiger partial charge in [0.15, 0.2) is 0 Å². The van der Waals surface area contributed by atoms with Gasteiger partial charge < -0.3 is 5.32 Å². The molecule has 0 fully saturated rings. The molecule has 0 bridgehead atoms. The molecule has 0 aliphatic carbocycles. The first-order chi connectivity index (χ1) is 9.33. The lowest BCUT2D eigenvalue weighted by Crippen LogP contribution is -2.28. The predicted octanol–water partition coefficient (Wildman–Crippen LogP) is 3.90. The number of thiophene rings is 1. The SMILES string of the molecule is C[C@H]1CC(NCCc2cccnc2)c2ccsc2S1. The molecule has 1 unspecified atom stereocenters. The van der Waals surface area contributed by atoms with Crippen LogP contribution in [0, 0.1) is 0 Å². The third-order valence-electron chi connectivity index (χ3n) is 3.44. The zero-order valence-electron chi connectivity index (χ0n) is 11.0. The van der Waals surface area contributed by atoms with Gasteiger partial charge in [0.25, 0.3) is 0 Å². The lowest BCUT2D eigenvalue weighted by Gasteiger charge is -2.27. The molecular formula is C15H18N2S2. The van der Waals surface area contributed by atoms with Crippen molar-refractivity contribution < 1.29 is 0 Å². The van der Waals surface area contributed by atoms with Crippen molar-refractivity contribution in [3.05, 3.63) is 47.1 Å². The lowest BCUT2D eigenvalue weighted by molar-refractivity contribution is 0.492. The van der Waals surface area contributed by atoms with E-state index in [-0.39, 0.29) is 0 Å². The minimum Gasteiger partial charge on any atom is -0.309 e. The highest BCUT2D eigenvalue weighted by atomic mass is 32.2. The van der Waals surface area contributed by atoms with E-state index >= 15 is 0 Å². The molecule has 2 nitrogen and oxygen atoms in total. The topological polar surface area (TPSA) is 24.9 Å². The first-order valence-corrected chi connectivity index (χ1v) is 8.45. The highest BCUT2D eigenvalue weighted by molar-refractivity contribution is 8.01. The standard InChI is InChI=1S/C15H18N2S2/c1-11-9-14(13-5-8-18-15(13)19-11)17-7-4-12-3-2-6-16-10-12/h2-3,5-6,8,10-11,14,17H,4,7,9H2,1H3/t11-,14?/m0/s1. The van der Waals surface area contributed by atoms with Crippen LogP contribution in [0.3, 0.4) is 0 Å². The average molecular weight is 290 g/mol. The smallest absolute Gasteiger partial charge is 0.0649 e. The van der Waals surface area contributed by atoms with Crippen LogP contribution in [0.15, 0.2) is 40.2 Å². The summed E-state index contributed by atoms with van der Waals surface area (Å²) in [5.41, 5.74) is 2.80. The zero-order chi connectivity index (χ0) is 13.1. The van der Waals surface area contributed by atoms with Gasteiger partial charge >= 0.3 is 0 Å². The number of hydrogen-bond donors (Lipinski definition) is 1. The summed E-state index contributed by atoms with van der Waals surface area (Å²) < 4.78 is 1.50. The third kappa shape index (κ3) is 3.19. The van der Waals surface area contributed by atoms with Crippen molar-refractivity contribution in [1.29, 1.82) is 0 Å². The minimum absolute atomic E-state index is 0.522. The van der Waals surface area contributed by atoms with E-state index in [1.54, 1.807) is 0 Å². The summed E-state index contributed by atoms with van der Waals surface area (Å²) in [4.78, 5) is 4.16. The Hall–Kier alpha value is -0.840. The summed E-state index contributed by atoms with van der Waals surface area (Å²) in [6, 6.07) is 6.95. The molecular weight excluding hydrogens is 272 g/mol. The first-order valence-electron chi connectivity index (χ1n) is 6.69. The lowest BCUT2D eigenvalue weighted by atomic mass is 10.0. The molecule has 0 saturated heterocycles. The van der Waals surface area contributed by atoms with E-state index in [4.69, 9.17) is 0 Å². The molecule has 3 heterocycles. The van der Waals surface area contributed by atoms with Gasteiger partial charge in [-0.25, -0.2) is 0 Å². The van der Waals surface area contributed by atoms with E-state index in [1.807, 2.05) is 41.6 Å². The molecule has 1 N–H and O–H groups in total. The summed E-state index contributed by atoms with van der Waals surface area (Å²) in [6.07, 6.45) is 6.05. The molecule has 0 aromatic carbocycles. The van der Waals surface area contributed by atoms with Crippen LogP contribution in [-0.2, 0) is 6.42 Å². The van der Waals surface area contributed by atoms with Crippen LogP contribution in [-0.4, -0.2) is 16.8 Å². The Morgan fingerprint density at radius 1 is 1.42 bits per heavy atom. The van der Waals surface area contributed by atoms with Crippen molar-refractivity contribution in [3.8, 4) is 0 Å². The number of fused-ring (bicyclic) bond motifs is 1. The van der Waals surface area contributed by atoms with Gasteiger partial charge in [-0.05, 0) is 48.0 Å². The van der Waals surface area contributed by atoms with Gasteiger partial charge in [-0.3, -0.25) is 4.98 Å². The van der Waals surface area contributed by atoms with Crippen molar-refractivity contribution >= 4 is 23.1 Å². The Morgan fingerprint density at radius 2 is 2.37 bits per heavy atom. The molecule has 0 saturated carbocycles. The summed E-state index contributed by atoms with van der Waals surface area (Å²) in [5.74, 6) is 0. The van der Waals surface area contributed by atoms with E-state index in [9.17, 15) is 0 Å². The minimum atomic E-state index is 0.522. The zero-order valence-corrected chi connectivity index (χ0v) is 12.6. The van der Waals surface area contributed by atoms with Crippen molar-refractivity contribution in [2.45, 2.75) is 35.3 Å². The van der Waals surface area contributed by atoms with Gasteiger partial charge in [0.2, 0.25) is 0 Å². The van der Waals surface area contributed by atoms with Gasteiger partial charge in [-0.15, -0.1) is 23.1 Å². The molecule has 4 heteroatoms. The second-order valence-corrected chi connectivity index (χ2v) is 7.57. The molecule has 0 amide bonds. The molecule has 2 aromatic rings. The van der Waals surface area contributed by atoms with Gasteiger partial charge in [0, 0.05) is 23.7 Å². The Kier molecular flexibility index (Phi) is 4.21.